The molecule has 0 aromatic carbocycles. The largest absolute Gasteiger partial charge is 0.381 e. The van der Waals surface area contributed by atoms with Gasteiger partial charge in [0.05, 0.1) is 11.9 Å². The standard InChI is InChI=1S/C9H16N2O/c1-12-8-5-7(6-8)11-4-2-3-9(11)10/h7-8,10H,2-6H2,1H3. The number of nitrogens with one attached hydrogen (secondary N) is 1. The van der Waals surface area contributed by atoms with Crippen LogP contribution in [0, 0.1) is 5.41 Å². The Hall–Kier alpha value is -0.570. The molecule has 12 heavy (non-hydrogen) atoms. The average molecular weight is 168 g/mol. The van der Waals surface area contributed by atoms with E-state index < -0.39 is 0 Å². The molecule has 3 heteroatoms. The number of hydrogen-bond acceptors (Lipinski definition) is 2. The zero-order valence-corrected chi connectivity index (χ0v) is 7.55. The van der Waals surface area contributed by atoms with Crippen molar-refractivity contribution < 1.29 is 4.74 Å². The van der Waals surface area contributed by atoms with Crippen molar-refractivity contribution in [2.45, 2.75) is 37.8 Å². The van der Waals surface area contributed by atoms with E-state index in [1.54, 1.807) is 7.11 Å². The van der Waals surface area contributed by atoms with Crippen LogP contribution in [0.3, 0.4) is 0 Å². The van der Waals surface area contributed by atoms with Crippen molar-refractivity contribution >= 4 is 5.84 Å². The summed E-state index contributed by atoms with van der Waals surface area (Å²) >= 11 is 0. The molecule has 0 atom stereocenters. The number of likely N-dealkylation sites (tertiary alicyclic amines) is 1. The molecule has 0 aromatic heterocycles. The summed E-state index contributed by atoms with van der Waals surface area (Å²) in [5.74, 6) is 0.842. The van der Waals surface area contributed by atoms with Gasteiger partial charge in [-0.1, -0.05) is 0 Å². The van der Waals surface area contributed by atoms with Crippen LogP contribution in [0.1, 0.15) is 25.7 Å². The van der Waals surface area contributed by atoms with Gasteiger partial charge in [-0.05, 0) is 19.3 Å². The topological polar surface area (TPSA) is 36.3 Å². The molecule has 1 aliphatic carbocycles. The maximum Gasteiger partial charge on any atom is 0.0960 e. The fourth-order valence-corrected chi connectivity index (χ4v) is 2.08. The molecule has 3 nitrogen and oxygen atoms in total. The van der Waals surface area contributed by atoms with Crippen LogP contribution in [-0.4, -0.2) is 36.5 Å². The second-order valence-electron chi connectivity index (χ2n) is 3.73. The second kappa shape index (κ2) is 3.05. The fourth-order valence-electron chi connectivity index (χ4n) is 2.08. The van der Waals surface area contributed by atoms with Gasteiger partial charge in [-0.3, -0.25) is 5.41 Å². The number of ether oxygens (including phenoxy) is 1. The summed E-state index contributed by atoms with van der Waals surface area (Å²) in [5.41, 5.74) is 0. The van der Waals surface area contributed by atoms with Crippen LogP contribution in [0.25, 0.3) is 0 Å². The van der Waals surface area contributed by atoms with Gasteiger partial charge in [0.2, 0.25) is 0 Å². The number of methoxy groups -OCH3 is 1. The van der Waals surface area contributed by atoms with E-state index >= 15 is 0 Å². The first-order valence-corrected chi connectivity index (χ1v) is 4.68. The highest BCUT2D eigenvalue weighted by Crippen LogP contribution is 2.30. The first-order valence-electron chi connectivity index (χ1n) is 4.68. The van der Waals surface area contributed by atoms with Gasteiger partial charge in [0, 0.05) is 26.1 Å². The molecule has 0 amide bonds. The molecule has 0 radical (unpaired) electrons. The predicted octanol–water partition coefficient (Wildman–Crippen LogP) is 1.24. The summed E-state index contributed by atoms with van der Waals surface area (Å²) in [4.78, 5) is 2.25. The Morgan fingerprint density at radius 2 is 2.25 bits per heavy atom. The molecule has 1 N–H and O–H groups in total. The van der Waals surface area contributed by atoms with Gasteiger partial charge in [0.25, 0.3) is 0 Å². The van der Waals surface area contributed by atoms with E-state index in [1.807, 2.05) is 0 Å². The first kappa shape index (κ1) is 8.05. The highest BCUT2D eigenvalue weighted by molar-refractivity contribution is 5.81. The molecule has 2 aliphatic rings. The zero-order valence-electron chi connectivity index (χ0n) is 7.55. The third-order valence-electron chi connectivity index (χ3n) is 3.00. The average Bonchev–Trinajstić information content (AvgIpc) is 2.35. The Labute approximate surface area is 73.2 Å². The van der Waals surface area contributed by atoms with E-state index in [9.17, 15) is 0 Å². The quantitative estimate of drug-likeness (QED) is 0.673. The lowest BCUT2D eigenvalue weighted by Gasteiger charge is -2.41. The second-order valence-corrected chi connectivity index (χ2v) is 3.73. The van der Waals surface area contributed by atoms with Gasteiger partial charge in [-0.15, -0.1) is 0 Å². The SMILES string of the molecule is COC1CC(N2CCCC2=N)C1. The molecule has 1 heterocycles. The molecule has 1 saturated carbocycles. The highest BCUT2D eigenvalue weighted by atomic mass is 16.5. The molecule has 0 unspecified atom stereocenters. The van der Waals surface area contributed by atoms with Crippen LogP contribution in [-0.2, 0) is 4.74 Å². The van der Waals surface area contributed by atoms with Gasteiger partial charge in [0.1, 0.15) is 0 Å². The van der Waals surface area contributed by atoms with E-state index in [-0.39, 0.29) is 0 Å². The Bertz CT molecular complexity index is 187. The van der Waals surface area contributed by atoms with Gasteiger partial charge in [0.15, 0.2) is 0 Å². The minimum atomic E-state index is 0.461. The molecule has 0 aromatic rings. The Kier molecular flexibility index (Phi) is 2.05. The number of nitrogens with zero attached hydrogens (tertiary/aromatic N) is 1. The molecule has 68 valence electrons. The van der Waals surface area contributed by atoms with E-state index in [0.717, 1.165) is 31.6 Å². The van der Waals surface area contributed by atoms with Gasteiger partial charge in [-0.2, -0.15) is 0 Å². The Morgan fingerprint density at radius 1 is 1.50 bits per heavy atom. The van der Waals surface area contributed by atoms with E-state index in [2.05, 4.69) is 4.90 Å². The van der Waals surface area contributed by atoms with Crippen LogP contribution in [0.5, 0.6) is 0 Å². The van der Waals surface area contributed by atoms with Crippen LogP contribution in [0.2, 0.25) is 0 Å². The van der Waals surface area contributed by atoms with E-state index in [0.29, 0.717) is 12.1 Å². The van der Waals surface area contributed by atoms with Crippen molar-refractivity contribution in [3.63, 3.8) is 0 Å². The number of amidine groups is 1. The van der Waals surface area contributed by atoms with Crippen molar-refractivity contribution in [3.8, 4) is 0 Å². The van der Waals surface area contributed by atoms with Gasteiger partial charge in [-0.25, -0.2) is 0 Å². The fraction of sp³-hybridized carbons (Fsp3) is 0.889. The van der Waals surface area contributed by atoms with Crippen molar-refractivity contribution in [1.29, 1.82) is 5.41 Å². The van der Waals surface area contributed by atoms with Gasteiger partial charge >= 0.3 is 0 Å². The lowest BCUT2D eigenvalue weighted by atomic mass is 9.88. The molecular weight excluding hydrogens is 152 g/mol. The lowest BCUT2D eigenvalue weighted by Crippen LogP contribution is -2.48. The van der Waals surface area contributed by atoms with Crippen LogP contribution >= 0.6 is 0 Å². The van der Waals surface area contributed by atoms with Crippen LogP contribution in [0.15, 0.2) is 0 Å². The van der Waals surface area contributed by atoms with Crippen LogP contribution < -0.4 is 0 Å². The minimum absolute atomic E-state index is 0.461. The van der Waals surface area contributed by atoms with Crippen molar-refractivity contribution in [2.24, 2.45) is 0 Å². The summed E-state index contributed by atoms with van der Waals surface area (Å²) in [7, 11) is 1.77. The summed E-state index contributed by atoms with van der Waals surface area (Å²) in [6.45, 7) is 1.10. The summed E-state index contributed by atoms with van der Waals surface area (Å²) in [5, 5.41) is 7.68. The third-order valence-corrected chi connectivity index (χ3v) is 3.00. The molecule has 1 aliphatic heterocycles. The maximum atomic E-state index is 7.68. The van der Waals surface area contributed by atoms with Crippen molar-refractivity contribution in [2.75, 3.05) is 13.7 Å². The number of rotatable bonds is 2. The third kappa shape index (κ3) is 1.22. The summed E-state index contributed by atoms with van der Waals surface area (Å²) < 4.78 is 5.21. The van der Waals surface area contributed by atoms with Gasteiger partial charge < -0.3 is 9.64 Å². The smallest absolute Gasteiger partial charge is 0.0960 e. The summed E-state index contributed by atoms with van der Waals surface area (Å²) in [6, 6.07) is 0.616. The first-order chi connectivity index (χ1) is 5.81. The maximum absolute atomic E-state index is 7.68. The highest BCUT2D eigenvalue weighted by Gasteiger charge is 2.36. The predicted molar refractivity (Wildman–Crippen MR) is 47.5 cm³/mol. The Morgan fingerprint density at radius 3 is 2.75 bits per heavy atom. The van der Waals surface area contributed by atoms with Crippen molar-refractivity contribution in [1.82, 2.24) is 4.90 Å². The molecule has 2 fully saturated rings. The van der Waals surface area contributed by atoms with E-state index in [4.69, 9.17) is 10.1 Å². The monoisotopic (exact) mass is 168 g/mol. The zero-order chi connectivity index (χ0) is 8.55. The number of hydrogen-bond donors (Lipinski definition) is 1. The molecule has 1 saturated heterocycles. The minimum Gasteiger partial charge on any atom is -0.381 e. The lowest BCUT2D eigenvalue weighted by molar-refractivity contribution is -0.00557. The normalized spacial score (nSPS) is 35.4. The van der Waals surface area contributed by atoms with E-state index in [1.165, 1.54) is 6.42 Å². The van der Waals surface area contributed by atoms with Crippen LogP contribution in [0.4, 0.5) is 0 Å². The molecule has 0 bridgehead atoms. The Balaban J connectivity index is 1.83. The summed E-state index contributed by atoms with van der Waals surface area (Å²) in [6.07, 6.45) is 4.86. The molecule has 0 spiro atoms. The van der Waals surface area contributed by atoms with Crippen molar-refractivity contribution in [3.05, 3.63) is 0 Å². The molecular formula is C9H16N2O. The molecule has 2 rings (SSSR count).